The van der Waals surface area contributed by atoms with Gasteiger partial charge in [-0.05, 0) is 54.6 Å². The Labute approximate surface area is 187 Å². The summed E-state index contributed by atoms with van der Waals surface area (Å²) in [5.41, 5.74) is 7.80. The summed E-state index contributed by atoms with van der Waals surface area (Å²) >= 11 is 0. The summed E-state index contributed by atoms with van der Waals surface area (Å²) < 4.78 is 38.4. The number of nitrogens with two attached hydrogens (primary N) is 1. The van der Waals surface area contributed by atoms with E-state index in [0.29, 0.717) is 5.56 Å². The number of hydrogen-bond acceptors (Lipinski definition) is 8. The summed E-state index contributed by atoms with van der Waals surface area (Å²) in [5.74, 6) is -2.09. The second kappa shape index (κ2) is 8.54. The van der Waals surface area contributed by atoms with Crippen molar-refractivity contribution < 1.29 is 13.5 Å². The van der Waals surface area contributed by atoms with E-state index in [9.17, 15) is 4.39 Å². The Morgan fingerprint density at radius 2 is 1.94 bits per heavy atom. The predicted molar refractivity (Wildman–Crippen MR) is 115 cm³/mol. The third-order valence-electron chi connectivity index (χ3n) is 5.50. The first-order chi connectivity index (χ1) is 16.0. The molecule has 0 radical (unpaired) electrons. The highest BCUT2D eigenvalue weighted by molar-refractivity contribution is 5.76. The highest BCUT2D eigenvalue weighted by atomic mass is 19.2. The van der Waals surface area contributed by atoms with Crippen LogP contribution in [0.5, 0.6) is 5.75 Å². The number of halogens is 2. The second-order valence-corrected chi connectivity index (χ2v) is 7.75. The number of pyridine rings is 1. The van der Waals surface area contributed by atoms with Crippen molar-refractivity contribution in [2.24, 2.45) is 7.05 Å². The Kier molecular flexibility index (Phi) is 5.42. The van der Waals surface area contributed by atoms with Gasteiger partial charge in [0, 0.05) is 30.6 Å². The first kappa shape index (κ1) is 20.9. The van der Waals surface area contributed by atoms with Crippen molar-refractivity contribution in [1.82, 2.24) is 40.3 Å². The van der Waals surface area contributed by atoms with Gasteiger partial charge in [-0.25, -0.2) is 9.37 Å². The monoisotopic (exact) mass is 453 g/mol. The van der Waals surface area contributed by atoms with E-state index in [1.165, 1.54) is 12.1 Å². The number of piperidine rings is 1. The molecule has 0 saturated carbocycles. The van der Waals surface area contributed by atoms with Crippen LogP contribution in [0.25, 0.3) is 28.2 Å². The van der Waals surface area contributed by atoms with E-state index in [4.69, 9.17) is 10.5 Å². The zero-order valence-corrected chi connectivity index (χ0v) is 17.7. The third kappa shape index (κ3) is 4.00. The number of ether oxygens (including phenoxy) is 1. The van der Waals surface area contributed by atoms with Gasteiger partial charge in [-0.1, -0.05) is 0 Å². The first-order valence-electron chi connectivity index (χ1n) is 10.4. The molecule has 1 fully saturated rings. The molecule has 1 aliphatic heterocycles. The minimum Gasteiger partial charge on any atom is -0.487 e. The van der Waals surface area contributed by atoms with Crippen LogP contribution in [0, 0.1) is 11.6 Å². The lowest BCUT2D eigenvalue weighted by Gasteiger charge is -2.24. The molecular weight excluding hydrogens is 432 g/mol. The van der Waals surface area contributed by atoms with Gasteiger partial charge in [0.25, 0.3) is 0 Å². The maximum absolute atomic E-state index is 15.1. The van der Waals surface area contributed by atoms with E-state index in [-0.39, 0.29) is 29.2 Å². The molecule has 4 aromatic rings. The molecular formula is C21H21F2N9O. The maximum atomic E-state index is 15.1. The van der Waals surface area contributed by atoms with Gasteiger partial charge in [-0.2, -0.15) is 14.2 Å². The van der Waals surface area contributed by atoms with Gasteiger partial charge in [-0.15, -0.1) is 5.10 Å². The minimum absolute atomic E-state index is 0.121. The van der Waals surface area contributed by atoms with Gasteiger partial charge in [0.15, 0.2) is 17.4 Å². The lowest BCUT2D eigenvalue weighted by atomic mass is 10.1. The Bertz CT molecular complexity index is 1300. The minimum atomic E-state index is -1.12. The molecule has 1 saturated heterocycles. The Hall–Kier alpha value is -3.93. The zero-order chi connectivity index (χ0) is 22.9. The number of aromatic nitrogens is 7. The summed E-state index contributed by atoms with van der Waals surface area (Å²) in [4.78, 5) is 4.21. The first-order valence-corrected chi connectivity index (χ1v) is 10.4. The molecule has 4 heterocycles. The fraction of sp³-hybridized carbons (Fsp3) is 0.286. The average molecular weight is 453 g/mol. The lowest BCUT2D eigenvalue weighted by Crippen LogP contribution is -2.34. The standard InChI is InChI=1S/C21H21F2N9O/c1-31-11-13(10-27-31)12-8-15(20(24)26-9-12)21-28-29-30-32(21)16-2-3-17(19(23)18(16)22)33-14-4-6-25-7-5-14/h2-3,8-11,14,25H,4-7H2,1H3,(H2,24,26). The van der Waals surface area contributed by atoms with E-state index in [2.05, 4.69) is 30.9 Å². The van der Waals surface area contributed by atoms with Crippen LogP contribution in [0.1, 0.15) is 12.8 Å². The molecule has 0 atom stereocenters. The topological polar surface area (TPSA) is 122 Å². The van der Waals surface area contributed by atoms with Gasteiger partial charge < -0.3 is 15.8 Å². The van der Waals surface area contributed by atoms with Crippen LogP contribution in [0.2, 0.25) is 0 Å². The molecule has 0 amide bonds. The molecule has 0 spiro atoms. The number of tetrazole rings is 1. The molecule has 3 N–H and O–H groups in total. The lowest BCUT2D eigenvalue weighted by molar-refractivity contribution is 0.154. The number of benzene rings is 1. The molecule has 0 bridgehead atoms. The maximum Gasteiger partial charge on any atom is 0.202 e. The summed E-state index contributed by atoms with van der Waals surface area (Å²) in [6.45, 7) is 1.54. The number of nitrogen functional groups attached to an aromatic ring is 1. The van der Waals surface area contributed by atoms with Crippen LogP contribution < -0.4 is 15.8 Å². The molecule has 12 heteroatoms. The normalized spacial score (nSPS) is 14.5. The summed E-state index contributed by atoms with van der Waals surface area (Å²) in [7, 11) is 1.80. The molecule has 10 nitrogen and oxygen atoms in total. The number of hydrogen-bond donors (Lipinski definition) is 2. The highest BCUT2D eigenvalue weighted by Crippen LogP contribution is 2.32. The van der Waals surface area contributed by atoms with Gasteiger partial charge >= 0.3 is 0 Å². The van der Waals surface area contributed by atoms with Crippen LogP contribution in [-0.2, 0) is 7.05 Å². The molecule has 0 unspecified atom stereocenters. The summed E-state index contributed by atoms with van der Waals surface area (Å²) in [5, 5.41) is 18.8. The second-order valence-electron chi connectivity index (χ2n) is 7.75. The van der Waals surface area contributed by atoms with Crippen molar-refractivity contribution in [3.63, 3.8) is 0 Å². The molecule has 3 aromatic heterocycles. The van der Waals surface area contributed by atoms with Crippen LogP contribution in [0.15, 0.2) is 36.8 Å². The number of rotatable bonds is 5. The van der Waals surface area contributed by atoms with Crippen molar-refractivity contribution in [3.8, 4) is 34.0 Å². The Morgan fingerprint density at radius 1 is 1.12 bits per heavy atom. The van der Waals surface area contributed by atoms with Gasteiger partial charge in [-0.3, -0.25) is 4.68 Å². The van der Waals surface area contributed by atoms with E-state index in [1.54, 1.807) is 30.2 Å². The van der Waals surface area contributed by atoms with E-state index in [1.807, 2.05) is 6.20 Å². The van der Waals surface area contributed by atoms with Crippen LogP contribution >= 0.6 is 0 Å². The van der Waals surface area contributed by atoms with Gasteiger partial charge in [0.05, 0.1) is 11.8 Å². The van der Waals surface area contributed by atoms with Crippen molar-refractivity contribution in [3.05, 3.63) is 48.4 Å². The molecule has 0 aliphatic carbocycles. The highest BCUT2D eigenvalue weighted by Gasteiger charge is 2.24. The Balaban J connectivity index is 1.51. The molecule has 5 rings (SSSR count). The largest absolute Gasteiger partial charge is 0.487 e. The number of anilines is 1. The average Bonchev–Trinajstić information content (AvgIpc) is 3.47. The Morgan fingerprint density at radius 3 is 2.70 bits per heavy atom. The molecule has 1 aromatic carbocycles. The number of nitrogens with zero attached hydrogens (tertiary/aromatic N) is 7. The predicted octanol–water partition coefficient (Wildman–Crippen LogP) is 2.12. The van der Waals surface area contributed by atoms with Gasteiger partial charge in [0.2, 0.25) is 5.82 Å². The SMILES string of the molecule is Cn1cc(-c2cnc(N)c(-c3nnnn3-c3ccc(OC4CCNCC4)c(F)c3F)c2)cn1. The third-order valence-corrected chi connectivity index (χ3v) is 5.50. The van der Waals surface area contributed by atoms with Gasteiger partial charge in [0.1, 0.15) is 17.6 Å². The van der Waals surface area contributed by atoms with Crippen molar-refractivity contribution in [2.75, 3.05) is 18.8 Å². The molecule has 170 valence electrons. The smallest absolute Gasteiger partial charge is 0.202 e. The zero-order valence-electron chi connectivity index (χ0n) is 17.7. The summed E-state index contributed by atoms with van der Waals surface area (Å²) in [6.07, 6.45) is 6.36. The van der Waals surface area contributed by atoms with Crippen molar-refractivity contribution >= 4 is 5.82 Å². The quantitative estimate of drug-likeness (QED) is 0.471. The van der Waals surface area contributed by atoms with E-state index >= 15 is 4.39 Å². The fourth-order valence-corrected chi connectivity index (χ4v) is 3.77. The fourth-order valence-electron chi connectivity index (χ4n) is 3.77. The van der Waals surface area contributed by atoms with Crippen LogP contribution in [0.4, 0.5) is 14.6 Å². The van der Waals surface area contributed by atoms with E-state index < -0.39 is 11.6 Å². The number of aryl methyl sites for hydroxylation is 1. The van der Waals surface area contributed by atoms with Crippen LogP contribution in [0.3, 0.4) is 0 Å². The van der Waals surface area contributed by atoms with Crippen LogP contribution in [-0.4, -0.2) is 54.2 Å². The number of nitrogens with one attached hydrogen (secondary N) is 1. The molecule has 1 aliphatic rings. The molecule has 33 heavy (non-hydrogen) atoms. The van der Waals surface area contributed by atoms with Crippen molar-refractivity contribution in [2.45, 2.75) is 18.9 Å². The van der Waals surface area contributed by atoms with E-state index in [0.717, 1.165) is 41.7 Å². The summed E-state index contributed by atoms with van der Waals surface area (Å²) in [6, 6.07) is 4.49. The van der Waals surface area contributed by atoms with Crippen molar-refractivity contribution in [1.29, 1.82) is 0 Å².